The van der Waals surface area contributed by atoms with Crippen LogP contribution in [0.4, 0.5) is 0 Å². The molecule has 1 aromatic carbocycles. The number of aliphatic hydroxyl groups is 1. The topological polar surface area (TPSA) is 85.2 Å². The first-order valence-electron chi connectivity index (χ1n) is 5.68. The van der Waals surface area contributed by atoms with E-state index in [2.05, 4.69) is 10.1 Å². The van der Waals surface area contributed by atoms with Crippen molar-refractivity contribution in [1.29, 1.82) is 0 Å². The van der Waals surface area contributed by atoms with Gasteiger partial charge in [0.05, 0.1) is 6.10 Å². The molecule has 1 aromatic heterocycles. The maximum absolute atomic E-state index is 9.37. The molecule has 2 rings (SSSR count). The number of hydrogen-bond donors (Lipinski definition) is 2. The van der Waals surface area contributed by atoms with Gasteiger partial charge in [0.15, 0.2) is 5.82 Å². The van der Waals surface area contributed by atoms with Gasteiger partial charge in [-0.05, 0) is 24.6 Å². The van der Waals surface area contributed by atoms with Crippen molar-refractivity contribution in [3.63, 3.8) is 0 Å². The van der Waals surface area contributed by atoms with Crippen LogP contribution in [-0.2, 0) is 6.42 Å². The highest BCUT2D eigenvalue weighted by Gasteiger charge is 2.20. The molecular formula is C12H13Cl2N3O2. The first-order chi connectivity index (χ1) is 8.99. The second-order valence-electron chi connectivity index (χ2n) is 4.19. The number of hydrogen-bond acceptors (Lipinski definition) is 5. The molecule has 0 spiro atoms. The average Bonchev–Trinajstić information content (AvgIpc) is 2.81. The van der Waals surface area contributed by atoms with Crippen LogP contribution in [0.3, 0.4) is 0 Å². The van der Waals surface area contributed by atoms with Crippen molar-refractivity contribution in [2.45, 2.75) is 25.5 Å². The van der Waals surface area contributed by atoms with Crippen molar-refractivity contribution in [1.82, 2.24) is 10.1 Å². The van der Waals surface area contributed by atoms with E-state index in [0.29, 0.717) is 22.3 Å². The summed E-state index contributed by atoms with van der Waals surface area (Å²) in [6.45, 7) is 1.56. The van der Waals surface area contributed by atoms with Crippen LogP contribution in [0.1, 0.15) is 30.2 Å². The molecule has 2 atom stereocenters. The Kier molecular flexibility index (Phi) is 4.42. The zero-order valence-electron chi connectivity index (χ0n) is 10.2. The van der Waals surface area contributed by atoms with E-state index >= 15 is 0 Å². The van der Waals surface area contributed by atoms with E-state index in [9.17, 15) is 5.11 Å². The van der Waals surface area contributed by atoms with Crippen molar-refractivity contribution >= 4 is 23.2 Å². The number of nitrogens with two attached hydrogens (primary N) is 1. The molecule has 0 radical (unpaired) electrons. The van der Waals surface area contributed by atoms with Crippen LogP contribution in [0.2, 0.25) is 10.0 Å². The second kappa shape index (κ2) is 5.88. The van der Waals surface area contributed by atoms with Gasteiger partial charge >= 0.3 is 0 Å². The Bertz CT molecular complexity index is 552. The smallest absolute Gasteiger partial charge is 0.246 e. The summed E-state index contributed by atoms with van der Waals surface area (Å²) in [5.74, 6) is 0.606. The highest BCUT2D eigenvalue weighted by atomic mass is 35.5. The predicted molar refractivity (Wildman–Crippen MR) is 72.2 cm³/mol. The molecule has 2 unspecified atom stereocenters. The molecule has 5 nitrogen and oxygen atoms in total. The Morgan fingerprint density at radius 3 is 2.58 bits per heavy atom. The lowest BCUT2D eigenvalue weighted by molar-refractivity contribution is 0.146. The standard InChI is InChI=1S/C12H13Cl2N3O2/c1-6(18)11(15)12-16-10(17-19-12)5-7-8(13)3-2-4-9(7)14/h2-4,6,11,18H,5,15H2,1H3. The van der Waals surface area contributed by atoms with Gasteiger partial charge in [0.25, 0.3) is 0 Å². The van der Waals surface area contributed by atoms with Crippen LogP contribution in [0.5, 0.6) is 0 Å². The fraction of sp³-hybridized carbons (Fsp3) is 0.333. The van der Waals surface area contributed by atoms with Crippen LogP contribution in [-0.4, -0.2) is 21.4 Å². The molecule has 19 heavy (non-hydrogen) atoms. The van der Waals surface area contributed by atoms with Crippen LogP contribution in [0, 0.1) is 0 Å². The lowest BCUT2D eigenvalue weighted by Gasteiger charge is -2.08. The number of benzene rings is 1. The van der Waals surface area contributed by atoms with Crippen LogP contribution in [0.25, 0.3) is 0 Å². The zero-order valence-corrected chi connectivity index (χ0v) is 11.7. The minimum Gasteiger partial charge on any atom is -0.391 e. The molecule has 0 aliphatic carbocycles. The van der Waals surface area contributed by atoms with Gasteiger partial charge in [-0.1, -0.05) is 34.4 Å². The largest absolute Gasteiger partial charge is 0.391 e. The molecule has 0 aliphatic rings. The monoisotopic (exact) mass is 301 g/mol. The zero-order chi connectivity index (χ0) is 14.0. The number of aliphatic hydroxyl groups excluding tert-OH is 1. The van der Waals surface area contributed by atoms with Gasteiger partial charge in [-0.15, -0.1) is 0 Å². The summed E-state index contributed by atoms with van der Waals surface area (Å²) in [7, 11) is 0. The van der Waals surface area contributed by atoms with Crippen LogP contribution < -0.4 is 5.73 Å². The van der Waals surface area contributed by atoms with E-state index in [1.54, 1.807) is 25.1 Å². The van der Waals surface area contributed by atoms with Crippen molar-refractivity contribution in [2.24, 2.45) is 5.73 Å². The minimum absolute atomic E-state index is 0.188. The number of nitrogens with zero attached hydrogens (tertiary/aromatic N) is 2. The normalized spacial score (nSPS) is 14.4. The van der Waals surface area contributed by atoms with Crippen LogP contribution >= 0.6 is 23.2 Å². The number of halogens is 2. The van der Waals surface area contributed by atoms with Gasteiger partial charge in [0.1, 0.15) is 6.04 Å². The summed E-state index contributed by atoms with van der Waals surface area (Å²) in [5.41, 5.74) is 6.43. The first-order valence-corrected chi connectivity index (χ1v) is 6.43. The maximum atomic E-state index is 9.37. The lowest BCUT2D eigenvalue weighted by atomic mass is 10.1. The van der Waals surface area contributed by atoms with Gasteiger partial charge in [-0.3, -0.25) is 0 Å². The second-order valence-corrected chi connectivity index (χ2v) is 5.01. The maximum Gasteiger partial charge on any atom is 0.246 e. The van der Waals surface area contributed by atoms with E-state index in [4.69, 9.17) is 33.5 Å². The van der Waals surface area contributed by atoms with E-state index in [0.717, 1.165) is 5.56 Å². The van der Waals surface area contributed by atoms with E-state index in [1.807, 2.05) is 0 Å². The van der Waals surface area contributed by atoms with Crippen molar-refractivity contribution in [3.05, 3.63) is 45.5 Å². The summed E-state index contributed by atoms with van der Waals surface area (Å²) in [4.78, 5) is 4.13. The molecule has 102 valence electrons. The third kappa shape index (κ3) is 3.25. The Morgan fingerprint density at radius 1 is 1.37 bits per heavy atom. The molecule has 0 saturated heterocycles. The average molecular weight is 302 g/mol. The molecule has 7 heteroatoms. The summed E-state index contributed by atoms with van der Waals surface area (Å²) in [5, 5.41) is 14.3. The van der Waals surface area contributed by atoms with E-state index < -0.39 is 12.1 Å². The summed E-state index contributed by atoms with van der Waals surface area (Å²) >= 11 is 12.1. The van der Waals surface area contributed by atoms with Gasteiger partial charge in [-0.25, -0.2) is 0 Å². The highest BCUT2D eigenvalue weighted by Crippen LogP contribution is 2.26. The third-order valence-corrected chi connectivity index (χ3v) is 3.39. The minimum atomic E-state index is -0.766. The van der Waals surface area contributed by atoms with Crippen molar-refractivity contribution in [2.75, 3.05) is 0 Å². The molecule has 0 aliphatic heterocycles. The first kappa shape index (κ1) is 14.3. The molecular weight excluding hydrogens is 289 g/mol. The van der Waals surface area contributed by atoms with Crippen molar-refractivity contribution in [3.8, 4) is 0 Å². The van der Waals surface area contributed by atoms with Gasteiger partial charge in [-0.2, -0.15) is 4.98 Å². The fourth-order valence-corrected chi connectivity index (χ4v) is 2.07. The Hall–Kier alpha value is -1.14. The molecule has 0 saturated carbocycles. The number of aromatic nitrogens is 2. The Balaban J connectivity index is 2.21. The van der Waals surface area contributed by atoms with Gasteiger partial charge < -0.3 is 15.4 Å². The third-order valence-electron chi connectivity index (χ3n) is 2.69. The predicted octanol–water partition coefficient (Wildman–Crippen LogP) is 2.35. The molecule has 0 fully saturated rings. The lowest BCUT2D eigenvalue weighted by Crippen LogP contribution is -2.23. The number of rotatable bonds is 4. The highest BCUT2D eigenvalue weighted by molar-refractivity contribution is 6.36. The quantitative estimate of drug-likeness (QED) is 0.905. The molecule has 0 bridgehead atoms. The Morgan fingerprint density at radius 2 is 2.00 bits per heavy atom. The molecule has 0 amide bonds. The van der Waals surface area contributed by atoms with Crippen molar-refractivity contribution < 1.29 is 9.63 Å². The van der Waals surface area contributed by atoms with E-state index in [-0.39, 0.29) is 5.89 Å². The van der Waals surface area contributed by atoms with E-state index in [1.165, 1.54) is 0 Å². The summed E-state index contributed by atoms with van der Waals surface area (Å²) in [6, 6.07) is 4.54. The summed E-state index contributed by atoms with van der Waals surface area (Å²) in [6.07, 6.45) is -0.425. The van der Waals surface area contributed by atoms with Gasteiger partial charge in [0.2, 0.25) is 5.89 Å². The SMILES string of the molecule is CC(O)C(N)c1nc(Cc2c(Cl)cccc2Cl)no1. The molecule has 2 aromatic rings. The Labute approximate surface area is 120 Å². The molecule has 3 N–H and O–H groups in total. The summed E-state index contributed by atoms with van der Waals surface area (Å²) < 4.78 is 5.01. The van der Waals surface area contributed by atoms with Gasteiger partial charge in [0, 0.05) is 16.5 Å². The fourth-order valence-electron chi connectivity index (χ4n) is 1.54. The molecule has 1 heterocycles. The van der Waals surface area contributed by atoms with Crippen LogP contribution in [0.15, 0.2) is 22.7 Å².